The molecule has 3 rings (SSSR count). The number of carbonyl (C=O) groups excluding carboxylic acids is 3. The van der Waals surface area contributed by atoms with Gasteiger partial charge >= 0.3 is 6.03 Å². The van der Waals surface area contributed by atoms with Crippen molar-refractivity contribution < 1.29 is 14.4 Å². The highest BCUT2D eigenvalue weighted by Crippen LogP contribution is 2.49. The van der Waals surface area contributed by atoms with Gasteiger partial charge in [0.15, 0.2) is 0 Å². The standard InChI is InChI=1S/C10H9N3O3S/c14-7-10(1-2-10)8(15)13(9(16)12-7)4-6-3-11-5-17-6/h3,5H,1-2,4H2,(H,12,14,16). The highest BCUT2D eigenvalue weighted by molar-refractivity contribution is 7.09. The second-order valence-corrected chi connectivity index (χ2v) is 5.17. The molecular weight excluding hydrogens is 242 g/mol. The fraction of sp³-hybridized carbons (Fsp3) is 0.400. The Hall–Kier alpha value is -1.76. The Balaban J connectivity index is 1.86. The average Bonchev–Trinajstić information content (AvgIpc) is 2.95. The van der Waals surface area contributed by atoms with Crippen LogP contribution in [-0.2, 0) is 16.1 Å². The van der Waals surface area contributed by atoms with Crippen LogP contribution in [0.3, 0.4) is 0 Å². The predicted octanol–water partition coefficient (Wildman–Crippen LogP) is 0.502. The summed E-state index contributed by atoms with van der Waals surface area (Å²) in [6.07, 6.45) is 2.68. The lowest BCUT2D eigenvalue weighted by Crippen LogP contribution is -2.58. The first-order valence-corrected chi connectivity index (χ1v) is 6.06. The Morgan fingerprint density at radius 1 is 1.41 bits per heavy atom. The van der Waals surface area contributed by atoms with Crippen LogP contribution in [0.25, 0.3) is 0 Å². The molecule has 7 heteroatoms. The number of thiazole rings is 1. The number of nitrogens with one attached hydrogen (secondary N) is 1. The van der Waals surface area contributed by atoms with Gasteiger partial charge in [-0.2, -0.15) is 0 Å². The van der Waals surface area contributed by atoms with E-state index in [1.54, 1.807) is 11.7 Å². The molecule has 1 aliphatic heterocycles. The van der Waals surface area contributed by atoms with E-state index in [9.17, 15) is 14.4 Å². The van der Waals surface area contributed by atoms with E-state index in [2.05, 4.69) is 10.3 Å². The molecule has 88 valence electrons. The molecule has 17 heavy (non-hydrogen) atoms. The van der Waals surface area contributed by atoms with Crippen molar-refractivity contribution in [1.82, 2.24) is 15.2 Å². The summed E-state index contributed by atoms with van der Waals surface area (Å²) in [5.74, 6) is -0.826. The van der Waals surface area contributed by atoms with E-state index in [0.29, 0.717) is 12.8 Å². The molecule has 1 aromatic heterocycles. The molecule has 2 fully saturated rings. The number of carbonyl (C=O) groups is 3. The third kappa shape index (κ3) is 1.46. The van der Waals surface area contributed by atoms with Gasteiger partial charge in [0.1, 0.15) is 5.41 Å². The van der Waals surface area contributed by atoms with Gasteiger partial charge in [-0.25, -0.2) is 4.79 Å². The van der Waals surface area contributed by atoms with Crippen LogP contribution in [-0.4, -0.2) is 27.7 Å². The SMILES string of the molecule is O=C1NC(=O)C2(CC2)C(=O)N1Cc1cncs1. The van der Waals surface area contributed by atoms with E-state index in [0.717, 1.165) is 9.78 Å². The van der Waals surface area contributed by atoms with Gasteiger partial charge < -0.3 is 0 Å². The largest absolute Gasteiger partial charge is 0.331 e. The van der Waals surface area contributed by atoms with Crippen molar-refractivity contribution in [1.29, 1.82) is 0 Å². The molecule has 0 bridgehead atoms. The summed E-state index contributed by atoms with van der Waals surface area (Å²) in [6, 6.07) is -0.633. The fourth-order valence-electron chi connectivity index (χ4n) is 1.92. The number of urea groups is 1. The molecule has 0 aromatic carbocycles. The highest BCUT2D eigenvalue weighted by Gasteiger charge is 2.62. The van der Waals surface area contributed by atoms with Crippen LogP contribution in [0.4, 0.5) is 4.79 Å². The third-order valence-electron chi connectivity index (χ3n) is 3.10. The summed E-state index contributed by atoms with van der Waals surface area (Å²) in [6.45, 7) is 0.185. The lowest BCUT2D eigenvalue weighted by Gasteiger charge is -2.29. The number of barbiturate groups is 1. The van der Waals surface area contributed by atoms with E-state index in [-0.39, 0.29) is 12.5 Å². The summed E-state index contributed by atoms with van der Waals surface area (Å²) < 4.78 is 0. The van der Waals surface area contributed by atoms with E-state index >= 15 is 0 Å². The minimum Gasteiger partial charge on any atom is -0.277 e. The van der Waals surface area contributed by atoms with Crippen molar-refractivity contribution >= 4 is 29.2 Å². The Morgan fingerprint density at radius 2 is 2.18 bits per heavy atom. The van der Waals surface area contributed by atoms with Crippen LogP contribution in [0.2, 0.25) is 0 Å². The maximum atomic E-state index is 12.1. The molecular formula is C10H9N3O3S. The molecule has 0 radical (unpaired) electrons. The monoisotopic (exact) mass is 251 g/mol. The van der Waals surface area contributed by atoms with Gasteiger partial charge in [-0.1, -0.05) is 0 Å². The number of hydrogen-bond acceptors (Lipinski definition) is 5. The lowest BCUT2D eigenvalue weighted by molar-refractivity contribution is -0.145. The lowest BCUT2D eigenvalue weighted by atomic mass is 10.0. The second kappa shape index (κ2) is 3.36. The first-order valence-electron chi connectivity index (χ1n) is 5.18. The summed E-state index contributed by atoms with van der Waals surface area (Å²) in [7, 11) is 0. The van der Waals surface area contributed by atoms with Crippen LogP contribution >= 0.6 is 11.3 Å². The van der Waals surface area contributed by atoms with Gasteiger partial charge in [0.25, 0.3) is 0 Å². The first kappa shape index (κ1) is 10.4. The van der Waals surface area contributed by atoms with Crippen molar-refractivity contribution in [2.45, 2.75) is 19.4 Å². The average molecular weight is 251 g/mol. The van der Waals surface area contributed by atoms with Gasteiger partial charge in [-0.3, -0.25) is 24.8 Å². The number of imide groups is 2. The van der Waals surface area contributed by atoms with Gasteiger partial charge in [0.2, 0.25) is 11.8 Å². The summed E-state index contributed by atoms with van der Waals surface area (Å²) >= 11 is 1.37. The Kier molecular flexibility index (Phi) is 2.06. The molecule has 1 spiro atoms. The molecule has 0 atom stereocenters. The Bertz CT molecular complexity index is 507. The normalized spacial score (nSPS) is 21.9. The van der Waals surface area contributed by atoms with Crippen LogP contribution in [0.15, 0.2) is 11.7 Å². The molecule has 1 aromatic rings. The third-order valence-corrected chi connectivity index (χ3v) is 3.87. The van der Waals surface area contributed by atoms with E-state index in [1.165, 1.54) is 11.3 Å². The minimum absolute atomic E-state index is 0.185. The molecule has 4 amide bonds. The summed E-state index contributed by atoms with van der Waals surface area (Å²) in [4.78, 5) is 41.1. The number of amides is 4. The zero-order chi connectivity index (χ0) is 12.0. The minimum atomic E-state index is -0.960. The van der Waals surface area contributed by atoms with Crippen molar-refractivity contribution in [2.75, 3.05) is 0 Å². The Labute approximate surface area is 101 Å². The van der Waals surface area contributed by atoms with E-state index in [1.807, 2.05) is 0 Å². The number of hydrogen-bond donors (Lipinski definition) is 1. The molecule has 1 aliphatic carbocycles. The topological polar surface area (TPSA) is 79.4 Å². The highest BCUT2D eigenvalue weighted by atomic mass is 32.1. The van der Waals surface area contributed by atoms with Crippen molar-refractivity contribution in [3.05, 3.63) is 16.6 Å². The molecule has 1 saturated carbocycles. The zero-order valence-electron chi connectivity index (χ0n) is 8.80. The van der Waals surface area contributed by atoms with Crippen LogP contribution in [0.5, 0.6) is 0 Å². The molecule has 0 unspecified atom stereocenters. The van der Waals surface area contributed by atoms with Gasteiger partial charge in [0, 0.05) is 11.1 Å². The quantitative estimate of drug-likeness (QED) is 0.776. The molecule has 2 heterocycles. The first-order chi connectivity index (χ1) is 8.13. The number of nitrogens with zero attached hydrogens (tertiary/aromatic N) is 2. The summed E-state index contributed by atoms with van der Waals surface area (Å²) in [5, 5.41) is 2.24. The van der Waals surface area contributed by atoms with E-state index < -0.39 is 17.4 Å². The van der Waals surface area contributed by atoms with Crippen molar-refractivity contribution in [3.8, 4) is 0 Å². The number of aromatic nitrogens is 1. The van der Waals surface area contributed by atoms with Crippen LogP contribution < -0.4 is 5.32 Å². The number of rotatable bonds is 2. The predicted molar refractivity (Wildman–Crippen MR) is 57.9 cm³/mol. The molecule has 2 aliphatic rings. The Morgan fingerprint density at radius 3 is 2.76 bits per heavy atom. The maximum absolute atomic E-state index is 12.1. The van der Waals surface area contributed by atoms with Gasteiger partial charge in [0.05, 0.1) is 12.1 Å². The second-order valence-electron chi connectivity index (χ2n) is 4.20. The van der Waals surface area contributed by atoms with Crippen LogP contribution in [0, 0.1) is 5.41 Å². The zero-order valence-corrected chi connectivity index (χ0v) is 9.62. The van der Waals surface area contributed by atoms with Crippen molar-refractivity contribution in [3.63, 3.8) is 0 Å². The maximum Gasteiger partial charge on any atom is 0.331 e. The van der Waals surface area contributed by atoms with Crippen molar-refractivity contribution in [2.24, 2.45) is 5.41 Å². The van der Waals surface area contributed by atoms with Gasteiger partial charge in [-0.15, -0.1) is 11.3 Å². The molecule has 1 N–H and O–H groups in total. The van der Waals surface area contributed by atoms with Crippen LogP contribution in [0.1, 0.15) is 17.7 Å². The summed E-state index contributed by atoms with van der Waals surface area (Å²) in [5.41, 5.74) is 0.679. The smallest absolute Gasteiger partial charge is 0.277 e. The van der Waals surface area contributed by atoms with E-state index in [4.69, 9.17) is 0 Å². The molecule has 1 saturated heterocycles. The molecule has 6 nitrogen and oxygen atoms in total. The van der Waals surface area contributed by atoms with Gasteiger partial charge in [-0.05, 0) is 12.8 Å². The fourth-order valence-corrected chi connectivity index (χ4v) is 2.50.